The second-order valence-electron chi connectivity index (χ2n) is 5.90. The molecule has 1 atom stereocenters. The average molecular weight is 283 g/mol. The van der Waals surface area contributed by atoms with Crippen LogP contribution in [-0.4, -0.2) is 19.6 Å². The van der Waals surface area contributed by atoms with Gasteiger partial charge in [-0.05, 0) is 42.5 Å². The normalized spacial score (nSPS) is 23.2. The molecule has 106 valence electrons. The lowest BCUT2D eigenvalue weighted by Gasteiger charge is -2.38. The fourth-order valence-electron chi connectivity index (χ4n) is 2.59. The molecule has 5 heteroatoms. The van der Waals surface area contributed by atoms with E-state index in [9.17, 15) is 13.5 Å². The van der Waals surface area contributed by atoms with Crippen LogP contribution in [0.4, 0.5) is 0 Å². The van der Waals surface area contributed by atoms with E-state index < -0.39 is 10.0 Å². The topological polar surface area (TPSA) is 66.4 Å². The molecule has 0 amide bonds. The van der Waals surface area contributed by atoms with Gasteiger partial charge in [-0.1, -0.05) is 26.7 Å². The van der Waals surface area contributed by atoms with Crippen LogP contribution in [0.15, 0.2) is 29.2 Å². The summed E-state index contributed by atoms with van der Waals surface area (Å²) in [6.07, 6.45) is 4.14. The van der Waals surface area contributed by atoms with Crippen LogP contribution in [0.1, 0.15) is 39.5 Å². The van der Waals surface area contributed by atoms with Crippen molar-refractivity contribution >= 4 is 10.0 Å². The summed E-state index contributed by atoms with van der Waals surface area (Å²) >= 11 is 0. The van der Waals surface area contributed by atoms with E-state index in [0.29, 0.717) is 0 Å². The predicted octanol–water partition coefficient (Wildman–Crippen LogP) is 2.64. The van der Waals surface area contributed by atoms with E-state index in [1.165, 1.54) is 24.3 Å². The van der Waals surface area contributed by atoms with E-state index in [-0.39, 0.29) is 22.1 Å². The Labute approximate surface area is 114 Å². The van der Waals surface area contributed by atoms with E-state index in [1.807, 2.05) is 0 Å². The summed E-state index contributed by atoms with van der Waals surface area (Å²) in [6, 6.07) is 5.60. The lowest BCUT2D eigenvalue weighted by atomic mass is 9.74. The maximum Gasteiger partial charge on any atom is 0.240 e. The predicted molar refractivity (Wildman–Crippen MR) is 74.5 cm³/mol. The summed E-state index contributed by atoms with van der Waals surface area (Å²) in [5.74, 6) is 0.0666. The highest BCUT2D eigenvalue weighted by atomic mass is 32.2. The monoisotopic (exact) mass is 283 g/mol. The quantitative estimate of drug-likeness (QED) is 0.896. The molecule has 0 bridgehead atoms. The largest absolute Gasteiger partial charge is 0.508 e. The highest BCUT2D eigenvalue weighted by molar-refractivity contribution is 7.89. The van der Waals surface area contributed by atoms with Gasteiger partial charge in [0.05, 0.1) is 4.90 Å². The first-order valence-electron chi connectivity index (χ1n) is 6.63. The molecule has 1 unspecified atom stereocenters. The molecule has 19 heavy (non-hydrogen) atoms. The average Bonchev–Trinajstić information content (AvgIpc) is 2.32. The van der Waals surface area contributed by atoms with Crippen molar-refractivity contribution in [2.45, 2.75) is 50.5 Å². The van der Waals surface area contributed by atoms with E-state index in [0.717, 1.165) is 25.7 Å². The van der Waals surface area contributed by atoms with Crippen molar-refractivity contribution in [1.29, 1.82) is 0 Å². The number of phenols is 1. The van der Waals surface area contributed by atoms with Crippen LogP contribution >= 0.6 is 0 Å². The Hall–Kier alpha value is -1.07. The second kappa shape index (κ2) is 5.13. The van der Waals surface area contributed by atoms with Gasteiger partial charge in [-0.3, -0.25) is 0 Å². The summed E-state index contributed by atoms with van der Waals surface area (Å²) < 4.78 is 27.4. The Morgan fingerprint density at radius 2 is 1.84 bits per heavy atom. The molecule has 2 N–H and O–H groups in total. The minimum Gasteiger partial charge on any atom is -0.508 e. The molecule has 1 saturated carbocycles. The number of phenolic OH excluding ortho intramolecular Hbond substituents is 1. The van der Waals surface area contributed by atoms with Crippen molar-refractivity contribution in [2.24, 2.45) is 5.41 Å². The van der Waals surface area contributed by atoms with Crippen molar-refractivity contribution in [3.8, 4) is 5.75 Å². The molecule has 0 spiro atoms. The van der Waals surface area contributed by atoms with Crippen molar-refractivity contribution in [3.05, 3.63) is 24.3 Å². The smallest absolute Gasteiger partial charge is 0.240 e. The van der Waals surface area contributed by atoms with Gasteiger partial charge in [0.25, 0.3) is 0 Å². The number of aromatic hydroxyl groups is 1. The lowest BCUT2D eigenvalue weighted by Crippen LogP contribution is -2.46. The molecule has 4 nitrogen and oxygen atoms in total. The van der Waals surface area contributed by atoms with Crippen LogP contribution in [-0.2, 0) is 10.0 Å². The standard InChI is InChI=1S/C14H21NO3S/c1-14(2)10-4-3-5-13(14)15-19(17,18)12-8-6-11(16)7-9-12/h6-9,13,15-16H,3-5,10H2,1-2H3. The number of hydrogen-bond acceptors (Lipinski definition) is 3. The third-order valence-corrected chi connectivity index (χ3v) is 5.44. The van der Waals surface area contributed by atoms with Crippen molar-refractivity contribution in [3.63, 3.8) is 0 Å². The lowest BCUT2D eigenvalue weighted by molar-refractivity contribution is 0.188. The van der Waals surface area contributed by atoms with Gasteiger partial charge in [0.1, 0.15) is 5.75 Å². The molecule has 1 aliphatic rings. The van der Waals surface area contributed by atoms with E-state index >= 15 is 0 Å². The van der Waals surface area contributed by atoms with Crippen LogP contribution in [0.3, 0.4) is 0 Å². The number of nitrogens with one attached hydrogen (secondary N) is 1. The summed E-state index contributed by atoms with van der Waals surface area (Å²) in [7, 11) is -3.51. The Morgan fingerprint density at radius 3 is 2.42 bits per heavy atom. The fourth-order valence-corrected chi connectivity index (χ4v) is 4.04. The molecule has 0 heterocycles. The molecular formula is C14H21NO3S. The molecule has 0 saturated heterocycles. The first-order valence-corrected chi connectivity index (χ1v) is 8.11. The van der Waals surface area contributed by atoms with Crippen LogP contribution in [0.2, 0.25) is 0 Å². The van der Waals surface area contributed by atoms with Gasteiger partial charge in [0.2, 0.25) is 10.0 Å². The van der Waals surface area contributed by atoms with Crippen molar-refractivity contribution in [2.75, 3.05) is 0 Å². The van der Waals surface area contributed by atoms with Crippen LogP contribution in [0.25, 0.3) is 0 Å². The van der Waals surface area contributed by atoms with E-state index in [1.54, 1.807) is 0 Å². The molecule has 1 aromatic rings. The molecule has 0 aliphatic heterocycles. The fraction of sp³-hybridized carbons (Fsp3) is 0.571. The molecule has 1 aromatic carbocycles. The highest BCUT2D eigenvalue weighted by Gasteiger charge is 2.35. The molecular weight excluding hydrogens is 262 g/mol. The number of benzene rings is 1. The Kier molecular flexibility index (Phi) is 3.87. The third-order valence-electron chi connectivity index (χ3n) is 3.95. The zero-order chi connectivity index (χ0) is 14.1. The summed E-state index contributed by atoms with van der Waals surface area (Å²) in [4.78, 5) is 0.201. The molecule has 0 radical (unpaired) electrons. The Balaban J connectivity index is 2.19. The van der Waals surface area contributed by atoms with Crippen LogP contribution in [0.5, 0.6) is 5.75 Å². The zero-order valence-electron chi connectivity index (χ0n) is 11.4. The van der Waals surface area contributed by atoms with Gasteiger partial charge in [0, 0.05) is 6.04 Å². The SMILES string of the molecule is CC1(C)CCCCC1NS(=O)(=O)c1ccc(O)cc1. The van der Waals surface area contributed by atoms with Crippen LogP contribution < -0.4 is 4.72 Å². The molecule has 1 aliphatic carbocycles. The van der Waals surface area contributed by atoms with Crippen molar-refractivity contribution in [1.82, 2.24) is 4.72 Å². The van der Waals surface area contributed by atoms with Gasteiger partial charge in [-0.2, -0.15) is 0 Å². The number of sulfonamides is 1. The maximum absolute atomic E-state index is 12.3. The second-order valence-corrected chi connectivity index (χ2v) is 7.62. The summed E-state index contributed by atoms with van der Waals surface area (Å²) in [6.45, 7) is 4.21. The van der Waals surface area contributed by atoms with Gasteiger partial charge in [-0.25, -0.2) is 13.1 Å². The van der Waals surface area contributed by atoms with Gasteiger partial charge >= 0.3 is 0 Å². The minimum absolute atomic E-state index is 0.0117. The van der Waals surface area contributed by atoms with Gasteiger partial charge < -0.3 is 5.11 Å². The minimum atomic E-state index is -3.51. The first-order chi connectivity index (χ1) is 8.81. The summed E-state index contributed by atoms with van der Waals surface area (Å²) in [5.41, 5.74) is -0.0117. The van der Waals surface area contributed by atoms with E-state index in [2.05, 4.69) is 18.6 Å². The molecule has 0 aromatic heterocycles. The van der Waals surface area contributed by atoms with Gasteiger partial charge in [0.15, 0.2) is 0 Å². The number of rotatable bonds is 3. The Morgan fingerprint density at radius 1 is 1.21 bits per heavy atom. The van der Waals surface area contributed by atoms with Gasteiger partial charge in [-0.15, -0.1) is 0 Å². The van der Waals surface area contributed by atoms with Crippen molar-refractivity contribution < 1.29 is 13.5 Å². The molecule has 2 rings (SSSR count). The molecule has 1 fully saturated rings. The first kappa shape index (κ1) is 14.3. The third kappa shape index (κ3) is 3.28. The number of hydrogen-bond donors (Lipinski definition) is 2. The Bertz CT molecular complexity index is 534. The highest BCUT2D eigenvalue weighted by Crippen LogP contribution is 2.36. The maximum atomic E-state index is 12.3. The van der Waals surface area contributed by atoms with E-state index in [4.69, 9.17) is 0 Å². The zero-order valence-corrected chi connectivity index (χ0v) is 12.2. The van der Waals surface area contributed by atoms with Crippen LogP contribution in [0, 0.1) is 5.41 Å². The summed E-state index contributed by atoms with van der Waals surface area (Å²) in [5, 5.41) is 9.21.